The Hall–Kier alpha value is -4.16. The molecule has 1 aromatic rings. The molecule has 3 rings (SSSR count). The number of nitriles is 3. The summed E-state index contributed by atoms with van der Waals surface area (Å²) in [7, 11) is 0. The van der Waals surface area contributed by atoms with Gasteiger partial charge in [-0.3, -0.25) is 10.1 Å². The summed E-state index contributed by atoms with van der Waals surface area (Å²) in [5, 5.41) is 50.4. The minimum absolute atomic E-state index is 0.0563. The van der Waals surface area contributed by atoms with Gasteiger partial charge in [-0.05, 0) is 36.8 Å². The normalized spacial score (nSPS) is 22.3. The zero-order chi connectivity index (χ0) is 21.3. The smallest absolute Gasteiger partial charge is 0.335 e. The third-order valence-electron chi connectivity index (χ3n) is 5.61. The van der Waals surface area contributed by atoms with E-state index in [1.807, 2.05) is 24.3 Å². The molecule has 0 saturated heterocycles. The number of nitro groups is 1. The monoisotopic (exact) mass is 389 g/mol. The van der Waals surface area contributed by atoms with Crippen LogP contribution in [0.4, 0.5) is 5.69 Å². The lowest BCUT2D eigenvalue weighted by atomic mass is 9.56. The minimum Gasteiger partial charge on any atom is -0.478 e. The van der Waals surface area contributed by atoms with Gasteiger partial charge in [0.05, 0.1) is 33.9 Å². The average molecular weight is 389 g/mol. The van der Waals surface area contributed by atoms with Crippen molar-refractivity contribution < 1.29 is 14.8 Å². The van der Waals surface area contributed by atoms with E-state index >= 15 is 0 Å². The van der Waals surface area contributed by atoms with Gasteiger partial charge in [-0.15, -0.1) is 0 Å². The number of fused-ring (bicyclic) bond motifs is 1. The lowest BCUT2D eigenvalue weighted by Gasteiger charge is -2.43. The largest absolute Gasteiger partial charge is 0.478 e. The van der Waals surface area contributed by atoms with Crippen LogP contribution in [-0.2, 0) is 0 Å². The lowest BCUT2D eigenvalue weighted by Crippen LogP contribution is -2.42. The predicted octanol–water partition coefficient (Wildman–Crippen LogP) is 2.89. The Balaban J connectivity index is 2.39. The van der Waals surface area contributed by atoms with Crippen molar-refractivity contribution in [1.82, 2.24) is 0 Å². The number of nitrogens with two attached hydrogens (primary N) is 1. The molecule has 0 unspecified atom stereocenters. The molecule has 0 aromatic heterocycles. The molecule has 2 aliphatic carbocycles. The van der Waals surface area contributed by atoms with Gasteiger partial charge < -0.3 is 10.8 Å². The molecule has 144 valence electrons. The summed E-state index contributed by atoms with van der Waals surface area (Å²) in [6.45, 7) is 0. The first-order valence-corrected chi connectivity index (χ1v) is 8.77. The van der Waals surface area contributed by atoms with Crippen molar-refractivity contribution >= 4 is 11.7 Å². The van der Waals surface area contributed by atoms with Crippen molar-refractivity contribution in [2.24, 2.45) is 17.1 Å². The van der Waals surface area contributed by atoms with Crippen LogP contribution in [0.5, 0.6) is 0 Å². The Bertz CT molecular complexity index is 1100. The predicted molar refractivity (Wildman–Crippen MR) is 98.7 cm³/mol. The molecule has 29 heavy (non-hydrogen) atoms. The van der Waals surface area contributed by atoms with E-state index in [-0.39, 0.29) is 22.4 Å². The average Bonchev–Trinajstić information content (AvgIpc) is 2.72. The van der Waals surface area contributed by atoms with Crippen LogP contribution in [0.25, 0.3) is 0 Å². The number of carboxylic acid groups (broad SMARTS) is 1. The van der Waals surface area contributed by atoms with E-state index < -0.39 is 33.8 Å². The first kappa shape index (κ1) is 19.6. The Morgan fingerprint density at radius 2 is 2.00 bits per heavy atom. The van der Waals surface area contributed by atoms with Gasteiger partial charge in [0.25, 0.3) is 5.69 Å². The van der Waals surface area contributed by atoms with Crippen molar-refractivity contribution in [3.63, 3.8) is 0 Å². The summed E-state index contributed by atoms with van der Waals surface area (Å²) < 4.78 is 0. The topological polar surface area (TPSA) is 178 Å². The number of rotatable bonds is 3. The molecule has 2 atom stereocenters. The molecule has 0 spiro atoms. The summed E-state index contributed by atoms with van der Waals surface area (Å²) in [5.74, 6) is -2.84. The third-order valence-corrected chi connectivity index (χ3v) is 5.61. The molecular formula is C20H15N5O4. The van der Waals surface area contributed by atoms with Crippen molar-refractivity contribution in [2.45, 2.75) is 25.2 Å². The standard InChI is InChI=1S/C20H15N5O4/c21-8-15-12-3-1-2-4-13(12)17(20(9-22,10-23)18(15)24)14-6-5-11(19(26)27)7-16(14)25(28)29/h3,5-7,13,17H,1-2,4,24H2,(H,26,27)/t13-,17-/m0/s1. The summed E-state index contributed by atoms with van der Waals surface area (Å²) in [6, 6.07) is 9.19. The Morgan fingerprint density at radius 1 is 1.31 bits per heavy atom. The van der Waals surface area contributed by atoms with Crippen LogP contribution in [0.2, 0.25) is 0 Å². The maximum absolute atomic E-state index is 11.7. The van der Waals surface area contributed by atoms with Gasteiger partial charge in [0.2, 0.25) is 0 Å². The molecule has 9 nitrogen and oxygen atoms in total. The van der Waals surface area contributed by atoms with Crippen LogP contribution in [0.3, 0.4) is 0 Å². The van der Waals surface area contributed by atoms with E-state index in [1.54, 1.807) is 0 Å². The second kappa shape index (κ2) is 7.10. The van der Waals surface area contributed by atoms with Gasteiger partial charge in [-0.2, -0.15) is 15.8 Å². The number of allylic oxidation sites excluding steroid dienone is 4. The SMILES string of the molecule is N#CC1=C(N)C(C#N)(C#N)[C@H](c2ccc(C(=O)O)cc2[N+](=O)[O-])[C@H]2CCCC=C12. The second-order valence-corrected chi connectivity index (χ2v) is 6.94. The van der Waals surface area contributed by atoms with Gasteiger partial charge in [0, 0.05) is 17.5 Å². The summed E-state index contributed by atoms with van der Waals surface area (Å²) in [6.07, 6.45) is 3.74. The maximum Gasteiger partial charge on any atom is 0.335 e. The first-order chi connectivity index (χ1) is 13.8. The Kier molecular flexibility index (Phi) is 4.80. The first-order valence-electron chi connectivity index (χ1n) is 8.77. The molecule has 0 saturated carbocycles. The van der Waals surface area contributed by atoms with E-state index in [0.717, 1.165) is 12.5 Å². The molecule has 9 heteroatoms. The fourth-order valence-corrected chi connectivity index (χ4v) is 4.31. The van der Waals surface area contributed by atoms with Crippen LogP contribution < -0.4 is 5.73 Å². The van der Waals surface area contributed by atoms with E-state index in [0.29, 0.717) is 18.4 Å². The fourth-order valence-electron chi connectivity index (χ4n) is 4.31. The molecule has 0 amide bonds. The molecule has 3 N–H and O–H groups in total. The van der Waals surface area contributed by atoms with Crippen molar-refractivity contribution in [3.05, 3.63) is 62.4 Å². The zero-order valence-corrected chi connectivity index (χ0v) is 15.1. The highest BCUT2D eigenvalue weighted by Gasteiger charge is 2.55. The summed E-state index contributed by atoms with van der Waals surface area (Å²) in [4.78, 5) is 22.3. The van der Waals surface area contributed by atoms with E-state index in [2.05, 4.69) is 0 Å². The van der Waals surface area contributed by atoms with Crippen molar-refractivity contribution in [1.29, 1.82) is 15.8 Å². The molecule has 0 heterocycles. The molecular weight excluding hydrogens is 374 g/mol. The summed E-state index contributed by atoms with van der Waals surface area (Å²) in [5.41, 5.74) is 3.85. The number of benzene rings is 1. The minimum atomic E-state index is -1.99. The van der Waals surface area contributed by atoms with E-state index in [1.165, 1.54) is 12.1 Å². The van der Waals surface area contributed by atoms with Gasteiger partial charge in [0.15, 0.2) is 5.41 Å². The van der Waals surface area contributed by atoms with Gasteiger partial charge in [-0.1, -0.05) is 12.1 Å². The molecule has 1 aromatic carbocycles. The van der Waals surface area contributed by atoms with Crippen molar-refractivity contribution in [2.75, 3.05) is 0 Å². The highest BCUT2D eigenvalue weighted by atomic mass is 16.6. The number of carboxylic acids is 1. The lowest BCUT2D eigenvalue weighted by molar-refractivity contribution is -0.385. The van der Waals surface area contributed by atoms with Crippen LogP contribution >= 0.6 is 0 Å². The van der Waals surface area contributed by atoms with Crippen LogP contribution in [0, 0.1) is 55.4 Å². The fraction of sp³-hybridized carbons (Fsp3) is 0.300. The van der Waals surface area contributed by atoms with Gasteiger partial charge in [-0.25, -0.2) is 4.79 Å². The Labute approximate surface area is 165 Å². The quantitative estimate of drug-likeness (QED) is 0.585. The number of aromatic carboxylic acids is 1. The zero-order valence-electron chi connectivity index (χ0n) is 15.1. The summed E-state index contributed by atoms with van der Waals surface area (Å²) >= 11 is 0. The number of hydrogen-bond donors (Lipinski definition) is 2. The van der Waals surface area contributed by atoms with E-state index in [9.17, 15) is 35.8 Å². The molecule has 0 bridgehead atoms. The number of carbonyl (C=O) groups is 1. The maximum atomic E-state index is 11.7. The van der Waals surface area contributed by atoms with Crippen LogP contribution in [0.15, 0.2) is 41.1 Å². The molecule has 2 aliphatic rings. The van der Waals surface area contributed by atoms with Gasteiger partial charge in [0.1, 0.15) is 6.07 Å². The van der Waals surface area contributed by atoms with Crippen molar-refractivity contribution in [3.8, 4) is 18.2 Å². The number of nitro benzene ring substituents is 1. The highest BCUT2D eigenvalue weighted by molar-refractivity contribution is 5.88. The van der Waals surface area contributed by atoms with Gasteiger partial charge >= 0.3 is 5.97 Å². The number of hydrogen-bond acceptors (Lipinski definition) is 7. The number of nitrogens with zero attached hydrogens (tertiary/aromatic N) is 4. The highest BCUT2D eigenvalue weighted by Crippen LogP contribution is 2.57. The molecule has 0 radical (unpaired) electrons. The van der Waals surface area contributed by atoms with Crippen LogP contribution in [0.1, 0.15) is 41.1 Å². The Morgan fingerprint density at radius 3 is 2.55 bits per heavy atom. The van der Waals surface area contributed by atoms with E-state index in [4.69, 9.17) is 5.73 Å². The second-order valence-electron chi connectivity index (χ2n) is 6.94. The van der Waals surface area contributed by atoms with Crippen LogP contribution in [-0.4, -0.2) is 16.0 Å². The molecule has 0 aliphatic heterocycles. The molecule has 0 fully saturated rings. The third kappa shape index (κ3) is 2.79.